The summed E-state index contributed by atoms with van der Waals surface area (Å²) >= 11 is 0. The zero-order valence-electron chi connectivity index (χ0n) is 11.1. The number of pyridine rings is 1. The molecule has 0 radical (unpaired) electrons. The van der Waals surface area contributed by atoms with E-state index in [0.29, 0.717) is 11.5 Å². The van der Waals surface area contributed by atoms with Gasteiger partial charge in [-0.2, -0.15) is 0 Å². The van der Waals surface area contributed by atoms with Gasteiger partial charge in [-0.3, -0.25) is 4.79 Å². The van der Waals surface area contributed by atoms with Crippen LogP contribution in [0.2, 0.25) is 0 Å². The highest BCUT2D eigenvalue weighted by molar-refractivity contribution is 5.92. The van der Waals surface area contributed by atoms with E-state index in [1.165, 1.54) is 12.8 Å². The topological polar surface area (TPSA) is 80.0 Å². The van der Waals surface area contributed by atoms with Crippen LogP contribution in [0.25, 0.3) is 0 Å². The molecule has 1 aromatic rings. The first-order valence-electron chi connectivity index (χ1n) is 6.42. The Hall–Kier alpha value is -1.62. The summed E-state index contributed by atoms with van der Waals surface area (Å²) in [5, 5.41) is 2.94. The fourth-order valence-corrected chi connectivity index (χ4v) is 1.71. The maximum absolute atomic E-state index is 11.9. The number of unbranched alkanes of at least 4 members (excludes halogenated alkanes) is 2. The van der Waals surface area contributed by atoms with Crippen molar-refractivity contribution in [2.45, 2.75) is 45.6 Å². The van der Waals surface area contributed by atoms with Crippen LogP contribution < -0.4 is 16.6 Å². The molecule has 1 aromatic heterocycles. The van der Waals surface area contributed by atoms with Gasteiger partial charge in [0.1, 0.15) is 11.5 Å². The van der Waals surface area contributed by atoms with Gasteiger partial charge in [-0.05, 0) is 25.5 Å². The van der Waals surface area contributed by atoms with E-state index in [0.717, 1.165) is 12.8 Å². The van der Waals surface area contributed by atoms with Crippen molar-refractivity contribution in [2.75, 3.05) is 5.43 Å². The number of nitrogens with one attached hydrogen (secondary N) is 2. The predicted octanol–water partition coefficient (Wildman–Crippen LogP) is 2.07. The van der Waals surface area contributed by atoms with Crippen LogP contribution in [0.1, 0.15) is 50.0 Å². The third-order valence-electron chi connectivity index (χ3n) is 2.75. The van der Waals surface area contributed by atoms with Gasteiger partial charge in [-0.15, -0.1) is 0 Å². The summed E-state index contributed by atoms with van der Waals surface area (Å²) in [7, 11) is 0. The number of hydrogen-bond acceptors (Lipinski definition) is 4. The van der Waals surface area contributed by atoms with Gasteiger partial charge in [-0.1, -0.05) is 32.3 Å². The fraction of sp³-hybridized carbons (Fsp3) is 0.538. The lowest BCUT2D eigenvalue weighted by Gasteiger charge is -2.13. The number of nitrogens with zero attached hydrogens (tertiary/aromatic N) is 1. The molecule has 0 fully saturated rings. The molecule has 0 spiro atoms. The highest BCUT2D eigenvalue weighted by Crippen LogP contribution is 2.06. The van der Waals surface area contributed by atoms with Crippen molar-refractivity contribution in [1.82, 2.24) is 10.3 Å². The largest absolute Gasteiger partial charge is 0.348 e. The highest BCUT2D eigenvalue weighted by atomic mass is 16.1. The van der Waals surface area contributed by atoms with Gasteiger partial charge in [-0.25, -0.2) is 10.8 Å². The van der Waals surface area contributed by atoms with Crippen LogP contribution in [0.4, 0.5) is 5.82 Å². The Morgan fingerprint density at radius 1 is 1.44 bits per heavy atom. The van der Waals surface area contributed by atoms with E-state index in [1.807, 2.05) is 6.92 Å². The number of carbonyl (C=O) groups excluding carboxylic acids is 1. The fourth-order valence-electron chi connectivity index (χ4n) is 1.71. The number of anilines is 1. The highest BCUT2D eigenvalue weighted by Gasteiger charge is 2.11. The third-order valence-corrected chi connectivity index (χ3v) is 2.75. The Morgan fingerprint density at radius 3 is 2.89 bits per heavy atom. The number of hydrogen-bond donors (Lipinski definition) is 3. The summed E-state index contributed by atoms with van der Waals surface area (Å²) in [4.78, 5) is 16.0. The van der Waals surface area contributed by atoms with Crippen molar-refractivity contribution in [3.8, 4) is 0 Å². The van der Waals surface area contributed by atoms with Crippen LogP contribution in [0.3, 0.4) is 0 Å². The van der Waals surface area contributed by atoms with Crippen LogP contribution in [-0.4, -0.2) is 16.9 Å². The van der Waals surface area contributed by atoms with Crippen molar-refractivity contribution < 1.29 is 4.79 Å². The van der Waals surface area contributed by atoms with Crippen LogP contribution in [-0.2, 0) is 0 Å². The van der Waals surface area contributed by atoms with Crippen molar-refractivity contribution in [1.29, 1.82) is 0 Å². The second-order valence-corrected chi connectivity index (χ2v) is 4.42. The first-order valence-corrected chi connectivity index (χ1v) is 6.42. The first-order chi connectivity index (χ1) is 8.67. The molecule has 0 aliphatic heterocycles. The molecule has 1 amide bonds. The van der Waals surface area contributed by atoms with Crippen LogP contribution in [0.5, 0.6) is 0 Å². The lowest BCUT2D eigenvalue weighted by Crippen LogP contribution is -2.33. The molecule has 5 heteroatoms. The number of nitrogen functional groups attached to an aromatic ring is 1. The number of nitrogens with two attached hydrogens (primary N) is 1. The van der Waals surface area contributed by atoms with Gasteiger partial charge in [0.15, 0.2) is 0 Å². The van der Waals surface area contributed by atoms with Crippen LogP contribution in [0, 0.1) is 0 Å². The van der Waals surface area contributed by atoms with E-state index in [9.17, 15) is 4.79 Å². The second kappa shape index (κ2) is 7.66. The van der Waals surface area contributed by atoms with Crippen molar-refractivity contribution in [3.05, 3.63) is 23.9 Å². The molecule has 5 nitrogen and oxygen atoms in total. The van der Waals surface area contributed by atoms with Crippen molar-refractivity contribution in [3.63, 3.8) is 0 Å². The monoisotopic (exact) mass is 250 g/mol. The number of rotatable bonds is 7. The Labute approximate surface area is 108 Å². The summed E-state index contributed by atoms with van der Waals surface area (Å²) in [5.74, 6) is 5.59. The zero-order valence-corrected chi connectivity index (χ0v) is 11.1. The smallest absolute Gasteiger partial charge is 0.270 e. The predicted molar refractivity (Wildman–Crippen MR) is 73.1 cm³/mol. The maximum Gasteiger partial charge on any atom is 0.270 e. The summed E-state index contributed by atoms with van der Waals surface area (Å²) < 4.78 is 0. The van der Waals surface area contributed by atoms with Gasteiger partial charge in [0, 0.05) is 6.04 Å². The minimum Gasteiger partial charge on any atom is -0.348 e. The molecule has 0 saturated carbocycles. The third kappa shape index (κ3) is 4.71. The summed E-state index contributed by atoms with van der Waals surface area (Å²) in [6.07, 6.45) is 4.52. The second-order valence-electron chi connectivity index (χ2n) is 4.42. The molecule has 100 valence electrons. The number of hydrazine groups is 1. The molecule has 1 heterocycles. The summed E-state index contributed by atoms with van der Waals surface area (Å²) in [6, 6.07) is 5.30. The lowest BCUT2D eigenvalue weighted by atomic mass is 10.1. The lowest BCUT2D eigenvalue weighted by molar-refractivity contribution is 0.0933. The molecule has 4 N–H and O–H groups in total. The van der Waals surface area contributed by atoms with E-state index < -0.39 is 0 Å². The quantitative estimate of drug-likeness (QED) is 0.393. The van der Waals surface area contributed by atoms with E-state index in [4.69, 9.17) is 5.84 Å². The molecule has 0 aliphatic carbocycles. The van der Waals surface area contributed by atoms with E-state index in [-0.39, 0.29) is 11.9 Å². The Bertz CT molecular complexity index is 381. The molecule has 1 atom stereocenters. The molecule has 0 aliphatic rings. The molecule has 0 saturated heterocycles. The standard InChI is InChI=1S/C13H22N4O/c1-3-4-5-7-10(2)15-13(18)11-8-6-9-12(16-11)17-14/h6,8-10H,3-5,7,14H2,1-2H3,(H,15,18)(H,16,17). The van der Waals surface area contributed by atoms with E-state index in [1.54, 1.807) is 18.2 Å². The number of aromatic nitrogens is 1. The minimum absolute atomic E-state index is 0.156. The van der Waals surface area contributed by atoms with Gasteiger partial charge in [0.25, 0.3) is 5.91 Å². The van der Waals surface area contributed by atoms with Crippen LogP contribution >= 0.6 is 0 Å². The average molecular weight is 250 g/mol. The Morgan fingerprint density at radius 2 is 2.22 bits per heavy atom. The van der Waals surface area contributed by atoms with Crippen molar-refractivity contribution >= 4 is 11.7 Å². The normalized spacial score (nSPS) is 11.9. The summed E-state index contributed by atoms with van der Waals surface area (Å²) in [5.41, 5.74) is 2.81. The number of amides is 1. The molecule has 1 rings (SSSR count). The van der Waals surface area contributed by atoms with E-state index in [2.05, 4.69) is 22.7 Å². The maximum atomic E-state index is 11.9. The van der Waals surface area contributed by atoms with E-state index >= 15 is 0 Å². The Kier molecular flexibility index (Phi) is 6.14. The molecule has 0 aromatic carbocycles. The molecular weight excluding hydrogens is 228 g/mol. The minimum atomic E-state index is -0.156. The molecular formula is C13H22N4O. The Balaban J connectivity index is 2.48. The van der Waals surface area contributed by atoms with Crippen molar-refractivity contribution in [2.24, 2.45) is 5.84 Å². The molecule has 18 heavy (non-hydrogen) atoms. The average Bonchev–Trinajstić information content (AvgIpc) is 2.39. The SMILES string of the molecule is CCCCCC(C)NC(=O)c1cccc(NN)n1. The molecule has 1 unspecified atom stereocenters. The zero-order chi connectivity index (χ0) is 13.4. The van der Waals surface area contributed by atoms with Gasteiger partial charge in [0.2, 0.25) is 0 Å². The number of carbonyl (C=O) groups is 1. The first kappa shape index (κ1) is 14.4. The van der Waals surface area contributed by atoms with Gasteiger partial charge < -0.3 is 10.7 Å². The van der Waals surface area contributed by atoms with Gasteiger partial charge in [0.05, 0.1) is 0 Å². The molecule has 0 bridgehead atoms. The summed E-state index contributed by atoms with van der Waals surface area (Å²) in [6.45, 7) is 4.18. The van der Waals surface area contributed by atoms with Gasteiger partial charge >= 0.3 is 0 Å². The van der Waals surface area contributed by atoms with Crippen LogP contribution in [0.15, 0.2) is 18.2 Å².